The van der Waals surface area contributed by atoms with Crippen molar-refractivity contribution in [3.05, 3.63) is 42.2 Å². The molecular weight excluding hydrogens is 440 g/mol. The van der Waals surface area contributed by atoms with E-state index < -0.39 is 21.9 Å². The van der Waals surface area contributed by atoms with Crippen LogP contribution in [0.5, 0.6) is 17.2 Å². The van der Waals surface area contributed by atoms with E-state index in [2.05, 4.69) is 9.97 Å². The van der Waals surface area contributed by atoms with Crippen molar-refractivity contribution in [2.75, 3.05) is 40.8 Å². The number of aromatic nitrogens is 2. The molecular formula is C21H24N2O8S. The highest BCUT2D eigenvalue weighted by Crippen LogP contribution is 2.34. The minimum atomic E-state index is -3.42. The van der Waals surface area contributed by atoms with Crippen molar-refractivity contribution in [2.24, 2.45) is 0 Å². The first-order chi connectivity index (χ1) is 15.2. The third kappa shape index (κ3) is 5.55. The van der Waals surface area contributed by atoms with Crippen LogP contribution in [-0.2, 0) is 24.0 Å². The fourth-order valence-corrected chi connectivity index (χ4v) is 3.57. The number of ether oxygens (including phenoxy) is 5. The Balaban J connectivity index is 1.99. The van der Waals surface area contributed by atoms with Crippen LogP contribution in [0.3, 0.4) is 0 Å². The number of methoxy groups -OCH3 is 3. The number of rotatable bonds is 10. The number of esters is 1. The van der Waals surface area contributed by atoms with Gasteiger partial charge in [0.05, 0.1) is 32.0 Å². The number of fused-ring (bicyclic) bond motifs is 1. The van der Waals surface area contributed by atoms with Gasteiger partial charge in [0.1, 0.15) is 29.0 Å². The van der Waals surface area contributed by atoms with E-state index in [0.717, 1.165) is 6.26 Å². The molecule has 0 bridgehead atoms. The van der Waals surface area contributed by atoms with E-state index in [0.29, 0.717) is 28.2 Å². The molecule has 32 heavy (non-hydrogen) atoms. The molecule has 0 atom stereocenters. The van der Waals surface area contributed by atoms with Gasteiger partial charge in [-0.05, 0) is 24.3 Å². The molecule has 0 fully saturated rings. The van der Waals surface area contributed by atoms with Crippen LogP contribution in [0.25, 0.3) is 10.9 Å². The Hall–Kier alpha value is -3.15. The van der Waals surface area contributed by atoms with Crippen LogP contribution < -0.4 is 9.47 Å². The Morgan fingerprint density at radius 1 is 1.06 bits per heavy atom. The molecule has 0 radical (unpaired) electrons. The molecule has 0 amide bonds. The van der Waals surface area contributed by atoms with E-state index in [9.17, 15) is 13.2 Å². The number of hydrogen-bond donors (Lipinski definition) is 1. The van der Waals surface area contributed by atoms with Gasteiger partial charge in [-0.25, -0.2) is 18.2 Å². The molecule has 172 valence electrons. The first-order valence-electron chi connectivity index (χ1n) is 9.48. The molecule has 0 unspecified atom stereocenters. The molecule has 11 heteroatoms. The molecule has 2 aromatic heterocycles. The van der Waals surface area contributed by atoms with Gasteiger partial charge < -0.3 is 28.7 Å². The second-order valence-corrected chi connectivity index (χ2v) is 8.88. The average molecular weight is 464 g/mol. The summed E-state index contributed by atoms with van der Waals surface area (Å²) in [6.45, 7) is 0.559. The molecule has 0 aliphatic heterocycles. The third-order valence-electron chi connectivity index (χ3n) is 4.39. The number of hydrogen-bond acceptors (Lipinski definition) is 9. The molecule has 0 saturated carbocycles. The van der Waals surface area contributed by atoms with Crippen LogP contribution in [0.2, 0.25) is 0 Å². The maximum Gasteiger partial charge on any atom is 0.354 e. The zero-order valence-electron chi connectivity index (χ0n) is 18.1. The van der Waals surface area contributed by atoms with Gasteiger partial charge in [0, 0.05) is 31.9 Å². The van der Waals surface area contributed by atoms with Gasteiger partial charge in [-0.15, -0.1) is 0 Å². The molecule has 0 saturated heterocycles. The summed E-state index contributed by atoms with van der Waals surface area (Å²) in [6, 6.07) is 7.83. The summed E-state index contributed by atoms with van der Waals surface area (Å²) in [5.74, 6) is 0.607. The van der Waals surface area contributed by atoms with Gasteiger partial charge in [-0.2, -0.15) is 0 Å². The van der Waals surface area contributed by atoms with E-state index in [4.69, 9.17) is 23.7 Å². The van der Waals surface area contributed by atoms with E-state index in [1.807, 2.05) is 0 Å². The highest BCUT2D eigenvalue weighted by atomic mass is 32.2. The van der Waals surface area contributed by atoms with E-state index in [-0.39, 0.29) is 23.9 Å². The summed E-state index contributed by atoms with van der Waals surface area (Å²) in [4.78, 5) is 18.9. The standard InChI is InChI=1S/C21H24N2O8S/c1-27-11-16(12-28-2)31-18-9-15(7-13-8-17(21(24)29-3)23-20(13)18)30-14-5-6-19(22-10-14)32(4,25)26/h5-10,16,23H,11-12H2,1-4H3. The summed E-state index contributed by atoms with van der Waals surface area (Å²) >= 11 is 0. The Labute approximate surface area is 185 Å². The zero-order valence-corrected chi connectivity index (χ0v) is 18.9. The maximum absolute atomic E-state index is 12.0. The van der Waals surface area contributed by atoms with Crippen LogP contribution in [0.1, 0.15) is 10.5 Å². The summed E-state index contributed by atoms with van der Waals surface area (Å²) in [5, 5.41) is 0.590. The van der Waals surface area contributed by atoms with Crippen LogP contribution in [0.4, 0.5) is 0 Å². The van der Waals surface area contributed by atoms with Crippen LogP contribution in [-0.4, -0.2) is 71.3 Å². The number of pyridine rings is 1. The summed E-state index contributed by atoms with van der Waals surface area (Å²) in [7, 11) is 0.981. The number of nitrogens with one attached hydrogen (secondary N) is 1. The van der Waals surface area contributed by atoms with Gasteiger partial charge >= 0.3 is 5.97 Å². The molecule has 2 heterocycles. The lowest BCUT2D eigenvalue weighted by atomic mass is 10.2. The summed E-state index contributed by atoms with van der Waals surface area (Å²) in [6.07, 6.45) is 1.98. The lowest BCUT2D eigenvalue weighted by molar-refractivity contribution is 0.0251. The Kier molecular flexibility index (Phi) is 7.33. The molecule has 0 aliphatic rings. The highest BCUT2D eigenvalue weighted by Gasteiger charge is 2.18. The number of nitrogens with zero attached hydrogens (tertiary/aromatic N) is 1. The first-order valence-corrected chi connectivity index (χ1v) is 11.4. The van der Waals surface area contributed by atoms with Gasteiger partial charge in [-0.1, -0.05) is 0 Å². The molecule has 10 nitrogen and oxygen atoms in total. The number of carbonyl (C=O) groups excluding carboxylic acids is 1. The van der Waals surface area contributed by atoms with Gasteiger partial charge in [-0.3, -0.25) is 0 Å². The van der Waals surface area contributed by atoms with Crippen molar-refractivity contribution in [1.29, 1.82) is 0 Å². The van der Waals surface area contributed by atoms with Gasteiger partial charge in [0.2, 0.25) is 0 Å². The summed E-state index contributed by atoms with van der Waals surface area (Å²) < 4.78 is 50.3. The van der Waals surface area contributed by atoms with Crippen molar-refractivity contribution in [3.8, 4) is 17.2 Å². The number of aromatic amines is 1. The smallest absolute Gasteiger partial charge is 0.354 e. The van der Waals surface area contributed by atoms with Crippen LogP contribution in [0.15, 0.2) is 41.6 Å². The molecule has 0 aliphatic carbocycles. The maximum atomic E-state index is 12.0. The predicted octanol–water partition coefficient (Wildman–Crippen LogP) is 2.59. The predicted molar refractivity (Wildman–Crippen MR) is 115 cm³/mol. The first kappa shape index (κ1) is 23.5. The SMILES string of the molecule is COCC(COC)Oc1cc(Oc2ccc(S(C)(=O)=O)nc2)cc2cc(C(=O)OC)[nH]c12. The minimum absolute atomic E-state index is 0.0559. The minimum Gasteiger partial charge on any atom is -0.483 e. The lowest BCUT2D eigenvalue weighted by Gasteiger charge is -2.19. The Morgan fingerprint density at radius 2 is 1.78 bits per heavy atom. The molecule has 1 N–H and O–H groups in total. The lowest BCUT2D eigenvalue weighted by Crippen LogP contribution is -2.27. The number of H-pyrrole nitrogens is 1. The van der Waals surface area contributed by atoms with Gasteiger partial charge in [0.25, 0.3) is 0 Å². The van der Waals surface area contributed by atoms with Gasteiger partial charge in [0.15, 0.2) is 14.9 Å². The average Bonchev–Trinajstić information content (AvgIpc) is 3.18. The van der Waals surface area contributed by atoms with Crippen molar-refractivity contribution < 1.29 is 36.9 Å². The number of benzene rings is 1. The van der Waals surface area contributed by atoms with E-state index >= 15 is 0 Å². The van der Waals surface area contributed by atoms with Crippen LogP contribution in [0, 0.1) is 0 Å². The fraction of sp³-hybridized carbons (Fsp3) is 0.333. The number of sulfone groups is 1. The van der Waals surface area contributed by atoms with Crippen molar-refractivity contribution in [1.82, 2.24) is 9.97 Å². The molecule has 1 aromatic carbocycles. The third-order valence-corrected chi connectivity index (χ3v) is 5.40. The second-order valence-electron chi connectivity index (χ2n) is 6.92. The number of carbonyl (C=O) groups is 1. The summed E-state index contributed by atoms with van der Waals surface area (Å²) in [5.41, 5.74) is 0.819. The normalized spacial score (nSPS) is 11.7. The fourth-order valence-electron chi connectivity index (χ4n) is 3.01. The Morgan fingerprint density at radius 3 is 2.34 bits per heavy atom. The van der Waals surface area contributed by atoms with E-state index in [1.54, 1.807) is 32.4 Å². The molecule has 3 aromatic rings. The topological polar surface area (TPSA) is 126 Å². The van der Waals surface area contributed by atoms with Crippen LogP contribution >= 0.6 is 0 Å². The van der Waals surface area contributed by atoms with Crippen molar-refractivity contribution in [2.45, 2.75) is 11.1 Å². The molecule has 3 rings (SSSR count). The van der Waals surface area contributed by atoms with E-state index in [1.165, 1.54) is 25.4 Å². The Bertz CT molecular complexity index is 1180. The second kappa shape index (κ2) is 9.98. The zero-order chi connectivity index (χ0) is 23.3. The largest absolute Gasteiger partial charge is 0.483 e. The van der Waals surface area contributed by atoms with Crippen molar-refractivity contribution in [3.63, 3.8) is 0 Å². The molecule has 0 spiro atoms. The highest BCUT2D eigenvalue weighted by molar-refractivity contribution is 7.90. The monoisotopic (exact) mass is 464 g/mol. The quantitative estimate of drug-likeness (QED) is 0.451. The van der Waals surface area contributed by atoms with Crippen molar-refractivity contribution >= 4 is 26.7 Å².